The molecule has 1 saturated heterocycles. The summed E-state index contributed by atoms with van der Waals surface area (Å²) in [4.78, 5) is 4.26. The summed E-state index contributed by atoms with van der Waals surface area (Å²) in [7, 11) is -3.82. The van der Waals surface area contributed by atoms with Gasteiger partial charge in [-0.3, -0.25) is 4.90 Å². The number of sulfone groups is 1. The number of nitrogens with zero attached hydrogens (tertiary/aromatic N) is 3. The van der Waals surface area contributed by atoms with E-state index in [2.05, 4.69) is 53.4 Å². The molecule has 162 valence electrons. The summed E-state index contributed by atoms with van der Waals surface area (Å²) in [6, 6.07) is 31.0. The molecule has 3 aromatic carbocycles. The molecule has 0 spiro atoms. The lowest BCUT2D eigenvalue weighted by atomic mass is 9.96. The molecule has 1 heterocycles. The fourth-order valence-corrected chi connectivity index (χ4v) is 5.24. The molecule has 4 rings (SSSR count). The molecular formula is C26H25N3O2S. The molecule has 0 bridgehead atoms. The largest absolute Gasteiger partial charge is 0.373 e. The van der Waals surface area contributed by atoms with E-state index in [9.17, 15) is 13.7 Å². The number of hydrogen-bond donors (Lipinski definition) is 0. The Morgan fingerprint density at radius 2 is 1.25 bits per heavy atom. The molecule has 1 aliphatic rings. The average Bonchev–Trinajstić information content (AvgIpc) is 2.85. The van der Waals surface area contributed by atoms with Crippen molar-refractivity contribution in [1.29, 1.82) is 5.26 Å². The van der Waals surface area contributed by atoms with Crippen molar-refractivity contribution in [3.8, 4) is 6.07 Å². The summed E-state index contributed by atoms with van der Waals surface area (Å²) in [5, 5.41) is 9.56. The van der Waals surface area contributed by atoms with Crippen LogP contribution in [-0.2, 0) is 9.84 Å². The molecule has 0 unspecified atom stereocenters. The van der Waals surface area contributed by atoms with Gasteiger partial charge in [0.2, 0.25) is 9.84 Å². The standard InChI is InChI=1S/C26H25N3O2S/c27-20-25(32(30,31)24-14-8-3-9-15-24)21-28-16-18-29(19-17-28)26(22-10-4-1-5-11-22)23-12-6-2-7-13-23/h1-15,21,26H,16-19H2/b25-21-. The molecule has 0 N–H and O–H groups in total. The summed E-state index contributed by atoms with van der Waals surface area (Å²) >= 11 is 0. The second kappa shape index (κ2) is 9.82. The maximum absolute atomic E-state index is 12.9. The van der Waals surface area contributed by atoms with Crippen molar-refractivity contribution >= 4 is 9.84 Å². The Balaban J connectivity index is 1.53. The molecule has 0 radical (unpaired) electrons. The maximum Gasteiger partial charge on any atom is 0.218 e. The van der Waals surface area contributed by atoms with Gasteiger partial charge in [-0.15, -0.1) is 0 Å². The lowest BCUT2D eigenvalue weighted by Gasteiger charge is -2.39. The lowest BCUT2D eigenvalue weighted by molar-refractivity contribution is 0.139. The third kappa shape index (κ3) is 4.75. The molecule has 0 aliphatic carbocycles. The SMILES string of the molecule is N#C/C(=C/N1CCN(C(c2ccccc2)c2ccccc2)CC1)S(=O)(=O)c1ccccc1. The van der Waals surface area contributed by atoms with Crippen molar-refractivity contribution < 1.29 is 8.42 Å². The van der Waals surface area contributed by atoms with Crippen LogP contribution in [0.4, 0.5) is 0 Å². The molecule has 0 amide bonds. The highest BCUT2D eigenvalue weighted by molar-refractivity contribution is 7.95. The van der Waals surface area contributed by atoms with Crippen LogP contribution in [0.2, 0.25) is 0 Å². The molecule has 0 atom stereocenters. The fraction of sp³-hybridized carbons (Fsp3) is 0.192. The van der Waals surface area contributed by atoms with Crippen LogP contribution in [0.5, 0.6) is 0 Å². The van der Waals surface area contributed by atoms with Crippen molar-refractivity contribution in [2.24, 2.45) is 0 Å². The molecule has 1 fully saturated rings. The number of rotatable bonds is 6. The quantitative estimate of drug-likeness (QED) is 0.534. The predicted octanol–water partition coefficient (Wildman–Crippen LogP) is 4.23. The van der Waals surface area contributed by atoms with Crippen LogP contribution in [0.3, 0.4) is 0 Å². The van der Waals surface area contributed by atoms with Crippen LogP contribution >= 0.6 is 0 Å². The normalized spacial score (nSPS) is 15.5. The third-order valence-corrected chi connectivity index (χ3v) is 7.37. The first kappa shape index (κ1) is 21.8. The minimum absolute atomic E-state index is 0.131. The second-order valence-electron chi connectivity index (χ2n) is 7.72. The average molecular weight is 444 g/mol. The highest BCUT2D eigenvalue weighted by Gasteiger charge is 2.27. The number of nitriles is 1. The number of benzene rings is 3. The van der Waals surface area contributed by atoms with Crippen LogP contribution < -0.4 is 0 Å². The van der Waals surface area contributed by atoms with Gasteiger partial charge in [0.15, 0.2) is 4.91 Å². The first-order valence-electron chi connectivity index (χ1n) is 10.6. The number of piperazine rings is 1. The van der Waals surface area contributed by atoms with Crippen molar-refractivity contribution in [3.63, 3.8) is 0 Å². The van der Waals surface area contributed by atoms with E-state index in [1.54, 1.807) is 18.2 Å². The smallest absolute Gasteiger partial charge is 0.218 e. The summed E-state index contributed by atoms with van der Waals surface area (Å²) in [6.45, 7) is 2.81. The zero-order valence-electron chi connectivity index (χ0n) is 17.7. The van der Waals surface area contributed by atoms with Crippen LogP contribution in [0.15, 0.2) is 107 Å². The Hall–Kier alpha value is -3.40. The predicted molar refractivity (Wildman–Crippen MR) is 125 cm³/mol. The van der Waals surface area contributed by atoms with Crippen LogP contribution in [0.1, 0.15) is 17.2 Å². The zero-order chi connectivity index (χ0) is 22.4. The van der Waals surface area contributed by atoms with Crippen LogP contribution in [0.25, 0.3) is 0 Å². The molecule has 1 aliphatic heterocycles. The highest BCUT2D eigenvalue weighted by Crippen LogP contribution is 2.29. The zero-order valence-corrected chi connectivity index (χ0v) is 18.5. The van der Waals surface area contributed by atoms with E-state index < -0.39 is 9.84 Å². The molecule has 32 heavy (non-hydrogen) atoms. The molecule has 0 saturated carbocycles. The van der Waals surface area contributed by atoms with Crippen LogP contribution in [0, 0.1) is 11.3 Å². The minimum atomic E-state index is -3.82. The molecule has 0 aromatic heterocycles. The van der Waals surface area contributed by atoms with Gasteiger partial charge in [0, 0.05) is 32.4 Å². The monoisotopic (exact) mass is 443 g/mol. The molecule has 6 heteroatoms. The van der Waals surface area contributed by atoms with Gasteiger partial charge in [-0.2, -0.15) is 5.26 Å². The summed E-state index contributed by atoms with van der Waals surface area (Å²) in [6.07, 6.45) is 1.50. The van der Waals surface area contributed by atoms with Crippen LogP contribution in [-0.4, -0.2) is 44.4 Å². The molecule has 5 nitrogen and oxygen atoms in total. The number of allylic oxidation sites excluding steroid dienone is 1. The summed E-state index contributed by atoms with van der Waals surface area (Å²) in [5.74, 6) is 0. The molecule has 3 aromatic rings. The summed E-state index contributed by atoms with van der Waals surface area (Å²) < 4.78 is 25.7. The van der Waals surface area contributed by atoms with Gasteiger partial charge in [-0.25, -0.2) is 8.42 Å². The molecular weight excluding hydrogens is 418 g/mol. The van der Waals surface area contributed by atoms with E-state index in [0.29, 0.717) is 13.1 Å². The van der Waals surface area contributed by atoms with Gasteiger partial charge < -0.3 is 4.90 Å². The van der Waals surface area contributed by atoms with Crippen molar-refractivity contribution in [2.45, 2.75) is 10.9 Å². The van der Waals surface area contributed by atoms with E-state index >= 15 is 0 Å². The Bertz CT molecular complexity index is 1160. The maximum atomic E-state index is 12.9. The first-order valence-corrected chi connectivity index (χ1v) is 12.1. The van der Waals surface area contributed by atoms with E-state index in [4.69, 9.17) is 0 Å². The first-order chi connectivity index (χ1) is 15.6. The van der Waals surface area contributed by atoms with Gasteiger partial charge in [0.05, 0.1) is 10.9 Å². The van der Waals surface area contributed by atoms with Gasteiger partial charge in [-0.1, -0.05) is 78.9 Å². The van der Waals surface area contributed by atoms with Gasteiger partial charge >= 0.3 is 0 Å². The Labute approximate surface area is 189 Å². The Morgan fingerprint density at radius 3 is 1.72 bits per heavy atom. The number of hydrogen-bond acceptors (Lipinski definition) is 5. The van der Waals surface area contributed by atoms with E-state index in [0.717, 1.165) is 13.1 Å². The topological polar surface area (TPSA) is 64.4 Å². The minimum Gasteiger partial charge on any atom is -0.373 e. The van der Waals surface area contributed by atoms with E-state index in [1.807, 2.05) is 23.1 Å². The van der Waals surface area contributed by atoms with E-state index in [-0.39, 0.29) is 15.8 Å². The van der Waals surface area contributed by atoms with Gasteiger partial charge in [0.25, 0.3) is 0 Å². The highest BCUT2D eigenvalue weighted by atomic mass is 32.2. The fourth-order valence-electron chi connectivity index (χ4n) is 4.06. The lowest BCUT2D eigenvalue weighted by Crippen LogP contribution is -2.46. The van der Waals surface area contributed by atoms with E-state index in [1.165, 1.54) is 29.5 Å². The Morgan fingerprint density at radius 1 is 0.781 bits per heavy atom. The third-order valence-electron chi connectivity index (χ3n) is 5.70. The summed E-state index contributed by atoms with van der Waals surface area (Å²) in [5.41, 5.74) is 2.46. The Kier molecular flexibility index (Phi) is 6.69. The van der Waals surface area contributed by atoms with Crippen molar-refractivity contribution in [2.75, 3.05) is 26.2 Å². The van der Waals surface area contributed by atoms with Crippen molar-refractivity contribution in [3.05, 3.63) is 113 Å². The second-order valence-corrected chi connectivity index (χ2v) is 9.64. The van der Waals surface area contributed by atoms with Crippen molar-refractivity contribution in [1.82, 2.24) is 9.80 Å². The van der Waals surface area contributed by atoms with Gasteiger partial charge in [-0.05, 0) is 23.3 Å². The van der Waals surface area contributed by atoms with Gasteiger partial charge in [0.1, 0.15) is 6.07 Å².